The van der Waals surface area contributed by atoms with E-state index in [1.165, 1.54) is 43.5 Å². The lowest BCUT2D eigenvalue weighted by atomic mass is 10.0. The highest BCUT2D eigenvalue weighted by molar-refractivity contribution is 6.34. The van der Waals surface area contributed by atoms with E-state index < -0.39 is 17.9 Å². The van der Waals surface area contributed by atoms with Crippen molar-refractivity contribution in [3.8, 4) is 189 Å². The third-order valence-corrected chi connectivity index (χ3v) is 19.5. The number of hydrogen-bond donors (Lipinski definition) is 8. The van der Waals surface area contributed by atoms with Crippen molar-refractivity contribution in [1.82, 2.24) is 59.8 Å². The van der Waals surface area contributed by atoms with E-state index in [-0.39, 0.29) is 132 Å². The molecule has 0 aliphatic carbocycles. The van der Waals surface area contributed by atoms with Gasteiger partial charge in [0.1, 0.15) is 52.1 Å². The van der Waals surface area contributed by atoms with Gasteiger partial charge in [0.05, 0.1) is 104 Å². The number of aromatic hydroxyl groups is 8. The Hall–Kier alpha value is -17.3. The number of nitriles is 1. The number of halogens is 1. The van der Waals surface area contributed by atoms with Crippen molar-refractivity contribution < 1.29 is 79.0 Å². The zero-order valence-electron chi connectivity index (χ0n) is 69.3. The van der Waals surface area contributed by atoms with E-state index in [2.05, 4.69) is 59.8 Å². The standard InChI is InChI=1S/C26H23N3O4.C25H20ClN3O4.C24H16N4O4.C24H19N3O4/c1-2-3-16-33-26(32)18-14-12-17(13-15-18)23-27-24(19-8-4-6-10-21(19)30)29-25(28-23)20-9-5-7-11-22(20)31;1-2-13-33-25(32)16-12-11-15(14-19(16)26)22-27-23(17-7-3-5-9-20(17)30)29-24(28-22)18-8-4-6-10-21(18)31;1-32-24(31)16-11-10-14(12-15(16)13-25)21-26-22(17-6-2-4-8-19(17)29)28-23(27-21)18-7-3-5-9-20(18)30;1-2-31-24(30)16-13-11-15(12-14-16)21-25-22(17-7-3-5-9-19(17)28)27-23(26-21)18-8-4-6-10-20(18)29/h4-15,30-31H,2-3,16H2,1H3;3-12,14,30-31H,2,13H2,1H3;2-12,29-30H,1H3;3-14,28-29H,2H2,1H3. The minimum absolute atomic E-state index is 0.00457. The van der Waals surface area contributed by atoms with Gasteiger partial charge in [-0.1, -0.05) is 165 Å². The first-order valence-electron chi connectivity index (χ1n) is 40.1. The number of hydrogen-bond acceptors (Lipinski definition) is 29. The molecule has 642 valence electrons. The Morgan fingerprint density at radius 1 is 0.295 bits per heavy atom. The van der Waals surface area contributed by atoms with Gasteiger partial charge >= 0.3 is 23.9 Å². The largest absolute Gasteiger partial charge is 0.507 e. The molecule has 0 saturated heterocycles. The fourth-order valence-electron chi connectivity index (χ4n) is 12.6. The number of phenolic OH excluding ortho intramolecular Hbond substituents is 8. The van der Waals surface area contributed by atoms with Crippen molar-refractivity contribution in [1.29, 1.82) is 5.26 Å². The molecule has 0 unspecified atom stereocenters. The van der Waals surface area contributed by atoms with E-state index in [0.29, 0.717) is 116 Å². The van der Waals surface area contributed by atoms with E-state index >= 15 is 0 Å². The zero-order chi connectivity index (χ0) is 91.0. The number of carbonyl (C=O) groups is 4. The summed E-state index contributed by atoms with van der Waals surface area (Å²) < 4.78 is 20.2. The predicted octanol–water partition coefficient (Wildman–Crippen LogP) is 19.1. The van der Waals surface area contributed by atoms with Crippen LogP contribution in [0.2, 0.25) is 5.02 Å². The summed E-state index contributed by atoms with van der Waals surface area (Å²) in [6.07, 6.45) is 2.47. The van der Waals surface area contributed by atoms with Gasteiger partial charge in [-0.15, -0.1) is 0 Å². The van der Waals surface area contributed by atoms with Crippen molar-refractivity contribution in [3.63, 3.8) is 0 Å². The molecule has 0 amide bonds. The first-order valence-corrected chi connectivity index (χ1v) is 40.5. The van der Waals surface area contributed by atoms with Gasteiger partial charge in [-0.05, 0) is 165 Å². The van der Waals surface area contributed by atoms with Gasteiger partial charge in [-0.3, -0.25) is 0 Å². The van der Waals surface area contributed by atoms with E-state index in [1.54, 1.807) is 250 Å². The van der Waals surface area contributed by atoms with Crippen LogP contribution in [0.5, 0.6) is 46.0 Å². The summed E-state index contributed by atoms with van der Waals surface area (Å²) in [6, 6.07) is 78.2. The molecular formula is C99H78ClN13O16. The van der Waals surface area contributed by atoms with E-state index in [9.17, 15) is 65.3 Å². The number of para-hydroxylation sites is 8. The molecule has 0 fully saturated rings. The van der Waals surface area contributed by atoms with Gasteiger partial charge in [-0.2, -0.15) is 5.26 Å². The Morgan fingerprint density at radius 2 is 0.550 bits per heavy atom. The third kappa shape index (κ3) is 21.9. The second kappa shape index (κ2) is 42.2. The van der Waals surface area contributed by atoms with Crippen LogP contribution < -0.4 is 0 Å². The molecule has 16 rings (SSSR count). The molecular weight excluding hydrogens is 1660 g/mol. The molecule has 0 atom stereocenters. The maximum absolute atomic E-state index is 12.2. The number of rotatable bonds is 22. The molecule has 12 aromatic carbocycles. The minimum Gasteiger partial charge on any atom is -0.507 e. The van der Waals surface area contributed by atoms with Crippen LogP contribution in [0.4, 0.5) is 0 Å². The van der Waals surface area contributed by atoms with Crippen LogP contribution in [0.25, 0.3) is 137 Å². The number of nitrogens with zero attached hydrogens (tertiary/aromatic N) is 13. The number of esters is 4. The zero-order valence-corrected chi connectivity index (χ0v) is 70.1. The molecule has 0 saturated carbocycles. The molecule has 16 aromatic rings. The summed E-state index contributed by atoms with van der Waals surface area (Å²) in [7, 11) is 1.24. The average molecular weight is 1740 g/mol. The monoisotopic (exact) mass is 1740 g/mol. The summed E-state index contributed by atoms with van der Waals surface area (Å²) in [4.78, 5) is 102. The quantitative estimate of drug-likeness (QED) is 0.0177. The predicted molar refractivity (Wildman–Crippen MR) is 481 cm³/mol. The van der Waals surface area contributed by atoms with Crippen LogP contribution in [0.1, 0.15) is 87.0 Å². The van der Waals surface area contributed by atoms with Crippen molar-refractivity contribution in [2.45, 2.75) is 40.0 Å². The van der Waals surface area contributed by atoms with E-state index in [0.717, 1.165) is 12.8 Å². The highest BCUT2D eigenvalue weighted by Crippen LogP contribution is 2.39. The number of methoxy groups -OCH3 is 1. The Morgan fingerprint density at radius 3 is 0.814 bits per heavy atom. The average Bonchev–Trinajstić information content (AvgIpc) is 0.713. The van der Waals surface area contributed by atoms with Crippen LogP contribution in [0.3, 0.4) is 0 Å². The Bertz CT molecular complexity index is 6590. The van der Waals surface area contributed by atoms with Crippen LogP contribution >= 0.6 is 11.6 Å². The Labute approximate surface area is 743 Å². The SMILES string of the molecule is CCCCOC(=O)c1ccc(-c2nc(-c3ccccc3O)nc(-c3ccccc3O)n2)cc1.CCCOC(=O)c1ccc(-c2nc(-c3ccccc3O)nc(-c3ccccc3O)n2)cc1Cl.CCOC(=O)c1ccc(-c2nc(-c3ccccc3O)nc(-c3ccccc3O)n2)cc1.COC(=O)c1ccc(-c2nc(-c3ccccc3O)nc(-c3ccccc3O)n2)cc1C#N. The molecule has 0 bridgehead atoms. The lowest BCUT2D eigenvalue weighted by Gasteiger charge is -2.11. The molecule has 4 heterocycles. The summed E-state index contributed by atoms with van der Waals surface area (Å²) in [5.41, 5.74) is 6.90. The number of benzene rings is 12. The van der Waals surface area contributed by atoms with Crippen LogP contribution in [-0.2, 0) is 18.9 Å². The van der Waals surface area contributed by atoms with Crippen molar-refractivity contribution in [2.24, 2.45) is 0 Å². The van der Waals surface area contributed by atoms with Gasteiger partial charge in [-0.25, -0.2) is 79.0 Å². The summed E-state index contributed by atoms with van der Waals surface area (Å²) in [6.45, 7) is 6.67. The van der Waals surface area contributed by atoms with Gasteiger partial charge in [0.2, 0.25) is 0 Å². The van der Waals surface area contributed by atoms with Crippen LogP contribution in [-0.4, -0.2) is 151 Å². The van der Waals surface area contributed by atoms with E-state index in [1.807, 2.05) is 19.9 Å². The van der Waals surface area contributed by atoms with Gasteiger partial charge in [0, 0.05) is 22.3 Å². The minimum atomic E-state index is -0.631. The normalized spacial score (nSPS) is 10.6. The Balaban J connectivity index is 0.000000147. The van der Waals surface area contributed by atoms with Gasteiger partial charge in [0.15, 0.2) is 69.9 Å². The van der Waals surface area contributed by atoms with Gasteiger partial charge in [0.25, 0.3) is 0 Å². The first-order chi connectivity index (χ1) is 62.6. The number of aromatic nitrogens is 12. The molecule has 4 aromatic heterocycles. The number of carbonyl (C=O) groups excluding carboxylic acids is 4. The highest BCUT2D eigenvalue weighted by atomic mass is 35.5. The molecule has 30 heteroatoms. The summed E-state index contributed by atoms with van der Waals surface area (Å²) in [5, 5.41) is 92.2. The first kappa shape index (κ1) is 89.5. The van der Waals surface area contributed by atoms with Crippen molar-refractivity contribution in [3.05, 3.63) is 312 Å². The molecule has 0 spiro atoms. The number of ether oxygens (including phenoxy) is 4. The molecule has 29 nitrogen and oxygen atoms in total. The lowest BCUT2D eigenvalue weighted by molar-refractivity contribution is 0.0492. The van der Waals surface area contributed by atoms with Crippen molar-refractivity contribution >= 4 is 35.5 Å². The molecule has 0 radical (unpaired) electrons. The second-order valence-corrected chi connectivity index (χ2v) is 28.3. The van der Waals surface area contributed by atoms with E-state index in [4.69, 9.17) is 30.5 Å². The molecule has 129 heavy (non-hydrogen) atoms. The van der Waals surface area contributed by atoms with Crippen LogP contribution in [0.15, 0.2) is 279 Å². The van der Waals surface area contributed by atoms with Crippen LogP contribution in [0, 0.1) is 11.3 Å². The molecule has 8 N–H and O–H groups in total. The lowest BCUT2D eigenvalue weighted by Crippen LogP contribution is -2.07. The number of phenols is 8. The van der Waals surface area contributed by atoms with Gasteiger partial charge < -0.3 is 59.8 Å². The maximum atomic E-state index is 12.2. The van der Waals surface area contributed by atoms with Crippen molar-refractivity contribution in [2.75, 3.05) is 26.9 Å². The Kier molecular flexibility index (Phi) is 29.3. The number of unbranched alkanes of at least 4 members (excludes halogenated alkanes) is 1. The summed E-state index contributed by atoms with van der Waals surface area (Å²) >= 11 is 6.37. The topological polar surface area (TPSA) is 446 Å². The molecule has 0 aliphatic rings. The third-order valence-electron chi connectivity index (χ3n) is 19.2. The fraction of sp³-hybridized carbons (Fsp3) is 0.101. The molecule has 0 aliphatic heterocycles. The highest BCUT2D eigenvalue weighted by Gasteiger charge is 2.25. The second-order valence-electron chi connectivity index (χ2n) is 27.9. The maximum Gasteiger partial charge on any atom is 0.339 e. The fourth-order valence-corrected chi connectivity index (χ4v) is 12.8. The smallest absolute Gasteiger partial charge is 0.339 e. The summed E-state index contributed by atoms with van der Waals surface area (Å²) in [5.74, 6) is 1.15.